The molecule has 1 N–H and O–H groups in total. The molecule has 0 radical (unpaired) electrons. The molecule has 2 rings (SSSR count). The van der Waals surface area contributed by atoms with Crippen molar-refractivity contribution < 1.29 is 4.79 Å². The van der Waals surface area contributed by atoms with Crippen molar-refractivity contribution in [1.29, 1.82) is 0 Å². The lowest BCUT2D eigenvalue weighted by molar-refractivity contribution is -0.134. The topological polar surface area (TPSA) is 32.3 Å². The van der Waals surface area contributed by atoms with Crippen LogP contribution in [0.15, 0.2) is 0 Å². The van der Waals surface area contributed by atoms with Gasteiger partial charge in [-0.1, -0.05) is 33.6 Å². The largest absolute Gasteiger partial charge is 0.322 e. The van der Waals surface area contributed by atoms with Crippen molar-refractivity contribution in [3.05, 3.63) is 0 Å². The first-order chi connectivity index (χ1) is 8.02. The van der Waals surface area contributed by atoms with Gasteiger partial charge in [-0.2, -0.15) is 0 Å². The highest BCUT2D eigenvalue weighted by Gasteiger charge is 2.43. The van der Waals surface area contributed by atoms with Gasteiger partial charge in [0.1, 0.15) is 0 Å². The Labute approximate surface area is 105 Å². The number of rotatable bonds is 2. The van der Waals surface area contributed by atoms with Crippen molar-refractivity contribution in [2.24, 2.45) is 11.8 Å². The van der Waals surface area contributed by atoms with Crippen LogP contribution in [-0.4, -0.2) is 29.1 Å². The van der Waals surface area contributed by atoms with Crippen LogP contribution in [0.5, 0.6) is 0 Å². The fourth-order valence-corrected chi connectivity index (χ4v) is 3.36. The van der Waals surface area contributed by atoms with Gasteiger partial charge in [0, 0.05) is 6.04 Å². The Bertz CT molecular complexity index is 290. The van der Waals surface area contributed by atoms with E-state index < -0.39 is 0 Å². The first-order valence-electron chi connectivity index (χ1n) is 7.10. The van der Waals surface area contributed by atoms with Crippen molar-refractivity contribution in [1.82, 2.24) is 10.2 Å². The summed E-state index contributed by atoms with van der Waals surface area (Å²) in [7, 11) is 0. The van der Waals surface area contributed by atoms with Gasteiger partial charge in [-0.25, -0.2) is 0 Å². The van der Waals surface area contributed by atoms with Gasteiger partial charge in [-0.3, -0.25) is 10.1 Å². The van der Waals surface area contributed by atoms with Crippen LogP contribution in [0.1, 0.15) is 53.4 Å². The number of hydrogen-bond acceptors (Lipinski definition) is 2. The average molecular weight is 238 g/mol. The molecule has 4 atom stereocenters. The van der Waals surface area contributed by atoms with Crippen LogP contribution < -0.4 is 5.32 Å². The molecule has 0 aromatic rings. The van der Waals surface area contributed by atoms with E-state index in [0.29, 0.717) is 23.8 Å². The Morgan fingerprint density at radius 1 is 1.24 bits per heavy atom. The molecule has 3 nitrogen and oxygen atoms in total. The number of amides is 1. The van der Waals surface area contributed by atoms with Gasteiger partial charge in [0.2, 0.25) is 5.91 Å². The van der Waals surface area contributed by atoms with Crippen LogP contribution in [0.3, 0.4) is 0 Å². The van der Waals surface area contributed by atoms with Gasteiger partial charge in [0.15, 0.2) is 0 Å². The Morgan fingerprint density at radius 2 is 1.88 bits per heavy atom. The summed E-state index contributed by atoms with van der Waals surface area (Å²) < 4.78 is 0. The van der Waals surface area contributed by atoms with E-state index in [9.17, 15) is 4.79 Å². The van der Waals surface area contributed by atoms with E-state index in [0.717, 1.165) is 0 Å². The molecule has 1 heterocycles. The summed E-state index contributed by atoms with van der Waals surface area (Å²) in [5, 5.41) is 3.45. The Kier molecular flexibility index (Phi) is 3.76. The molecule has 0 aromatic carbocycles. The summed E-state index contributed by atoms with van der Waals surface area (Å²) in [5.41, 5.74) is 0. The number of nitrogens with zero attached hydrogens (tertiary/aromatic N) is 1. The minimum Gasteiger partial charge on any atom is -0.322 e. The standard InChI is InChI=1S/C14H26N2O/c1-9(2)13-15-11(4)14(17)16(13)12-8-6-5-7-10(12)3/h9-13,15H,5-8H2,1-4H3. The van der Waals surface area contributed by atoms with E-state index >= 15 is 0 Å². The zero-order chi connectivity index (χ0) is 12.6. The van der Waals surface area contributed by atoms with Crippen molar-refractivity contribution in [2.45, 2.75) is 71.6 Å². The molecule has 2 aliphatic rings. The zero-order valence-corrected chi connectivity index (χ0v) is 11.6. The second-order valence-electron chi connectivity index (χ2n) is 6.15. The summed E-state index contributed by atoms with van der Waals surface area (Å²) in [6, 6.07) is 0.456. The molecule has 3 heteroatoms. The summed E-state index contributed by atoms with van der Waals surface area (Å²) in [4.78, 5) is 14.5. The minimum absolute atomic E-state index is 0.00322. The summed E-state index contributed by atoms with van der Waals surface area (Å²) in [6.45, 7) is 8.69. The predicted molar refractivity (Wildman–Crippen MR) is 69.5 cm³/mol. The number of nitrogens with one attached hydrogen (secondary N) is 1. The predicted octanol–water partition coefficient (Wildman–Crippen LogP) is 2.37. The highest BCUT2D eigenvalue weighted by molar-refractivity contribution is 5.84. The lowest BCUT2D eigenvalue weighted by atomic mass is 9.84. The lowest BCUT2D eigenvalue weighted by Gasteiger charge is -2.40. The second-order valence-corrected chi connectivity index (χ2v) is 6.15. The third-order valence-corrected chi connectivity index (χ3v) is 4.40. The zero-order valence-electron chi connectivity index (χ0n) is 11.6. The van der Waals surface area contributed by atoms with Gasteiger partial charge >= 0.3 is 0 Å². The highest BCUT2D eigenvalue weighted by Crippen LogP contribution is 2.32. The number of carbonyl (C=O) groups is 1. The highest BCUT2D eigenvalue weighted by atomic mass is 16.2. The smallest absolute Gasteiger partial charge is 0.240 e. The first-order valence-corrected chi connectivity index (χ1v) is 7.10. The van der Waals surface area contributed by atoms with Crippen LogP contribution in [0.4, 0.5) is 0 Å². The normalized spacial score (nSPS) is 39.1. The molecule has 2 fully saturated rings. The van der Waals surface area contributed by atoms with Gasteiger partial charge in [-0.15, -0.1) is 0 Å². The molecule has 1 aliphatic heterocycles. The van der Waals surface area contributed by atoms with Gasteiger partial charge in [0.25, 0.3) is 0 Å². The van der Waals surface area contributed by atoms with Crippen molar-refractivity contribution in [3.8, 4) is 0 Å². The number of carbonyl (C=O) groups excluding carboxylic acids is 1. The molecule has 0 spiro atoms. The molecular weight excluding hydrogens is 212 g/mol. The van der Waals surface area contributed by atoms with Gasteiger partial charge in [0.05, 0.1) is 12.2 Å². The molecule has 98 valence electrons. The molecule has 0 bridgehead atoms. The molecular formula is C14H26N2O. The van der Waals surface area contributed by atoms with E-state index in [1.165, 1.54) is 25.7 Å². The summed E-state index contributed by atoms with van der Waals surface area (Å²) in [6.07, 6.45) is 5.30. The van der Waals surface area contributed by atoms with Gasteiger partial charge in [-0.05, 0) is 31.6 Å². The molecule has 17 heavy (non-hydrogen) atoms. The quantitative estimate of drug-likeness (QED) is 0.801. The summed E-state index contributed by atoms with van der Waals surface area (Å²) >= 11 is 0. The molecule has 1 saturated heterocycles. The van der Waals surface area contributed by atoms with E-state index in [2.05, 4.69) is 31.0 Å². The molecule has 1 aliphatic carbocycles. The summed E-state index contributed by atoms with van der Waals surface area (Å²) in [5.74, 6) is 1.45. The maximum Gasteiger partial charge on any atom is 0.240 e. The van der Waals surface area contributed by atoms with Crippen molar-refractivity contribution in [3.63, 3.8) is 0 Å². The SMILES string of the molecule is CC1NC(C(C)C)N(C2CCCCC2C)C1=O. The van der Waals surface area contributed by atoms with Crippen molar-refractivity contribution in [2.75, 3.05) is 0 Å². The van der Waals surface area contributed by atoms with Crippen LogP contribution in [0.25, 0.3) is 0 Å². The van der Waals surface area contributed by atoms with Crippen LogP contribution in [-0.2, 0) is 4.79 Å². The maximum atomic E-state index is 12.3. The Balaban J connectivity index is 2.18. The van der Waals surface area contributed by atoms with E-state index in [-0.39, 0.29) is 12.2 Å². The fraction of sp³-hybridized carbons (Fsp3) is 0.929. The van der Waals surface area contributed by atoms with E-state index in [1.807, 2.05) is 6.92 Å². The number of hydrogen-bond donors (Lipinski definition) is 1. The average Bonchev–Trinajstić information content (AvgIpc) is 2.57. The van der Waals surface area contributed by atoms with Gasteiger partial charge < -0.3 is 4.90 Å². The first kappa shape index (κ1) is 12.9. The third kappa shape index (κ3) is 2.35. The Morgan fingerprint density at radius 3 is 2.47 bits per heavy atom. The minimum atomic E-state index is -0.00322. The Hall–Kier alpha value is -0.570. The molecule has 1 saturated carbocycles. The van der Waals surface area contributed by atoms with Crippen LogP contribution in [0, 0.1) is 11.8 Å². The van der Waals surface area contributed by atoms with Crippen molar-refractivity contribution >= 4 is 5.91 Å². The van der Waals surface area contributed by atoms with Crippen LogP contribution in [0.2, 0.25) is 0 Å². The maximum absolute atomic E-state index is 12.3. The monoisotopic (exact) mass is 238 g/mol. The molecule has 0 aromatic heterocycles. The van der Waals surface area contributed by atoms with E-state index in [4.69, 9.17) is 0 Å². The third-order valence-electron chi connectivity index (χ3n) is 4.40. The molecule has 4 unspecified atom stereocenters. The fourth-order valence-electron chi connectivity index (χ4n) is 3.36. The van der Waals surface area contributed by atoms with E-state index in [1.54, 1.807) is 0 Å². The molecule has 1 amide bonds. The lowest BCUT2D eigenvalue weighted by Crippen LogP contribution is -2.50. The second kappa shape index (κ2) is 4.97. The van der Waals surface area contributed by atoms with Crippen LogP contribution >= 0.6 is 0 Å².